The van der Waals surface area contributed by atoms with Crippen LogP contribution in [0.1, 0.15) is 48.8 Å². The summed E-state index contributed by atoms with van der Waals surface area (Å²) >= 11 is 12.7. The Morgan fingerprint density at radius 2 is 1.92 bits per heavy atom. The number of benzene rings is 3. The molecule has 0 aromatic heterocycles. The number of nitrogens with zero attached hydrogens (tertiary/aromatic N) is 2. The van der Waals surface area contributed by atoms with E-state index in [1.54, 1.807) is 7.11 Å². The number of likely N-dealkylation sites (N-methyl/N-ethyl adjacent to an activating group) is 1. The molecule has 0 saturated carbocycles. The van der Waals surface area contributed by atoms with Crippen LogP contribution < -0.4 is 14.4 Å². The van der Waals surface area contributed by atoms with Gasteiger partial charge in [0.15, 0.2) is 0 Å². The summed E-state index contributed by atoms with van der Waals surface area (Å²) in [5.74, 6) is 1.78. The Morgan fingerprint density at radius 3 is 2.68 bits per heavy atom. The summed E-state index contributed by atoms with van der Waals surface area (Å²) in [6.07, 6.45) is 2.99. The van der Waals surface area contributed by atoms with E-state index in [0.29, 0.717) is 16.5 Å². The summed E-state index contributed by atoms with van der Waals surface area (Å²) < 4.78 is 12.0. The van der Waals surface area contributed by atoms with E-state index in [1.165, 1.54) is 11.3 Å². The molecule has 5 rings (SSSR count). The number of hydrogen-bond donors (Lipinski definition) is 1. The second-order valence-corrected chi connectivity index (χ2v) is 11.5. The Labute approximate surface area is 235 Å². The lowest BCUT2D eigenvalue weighted by Gasteiger charge is -2.47. The number of aliphatic hydroxyl groups is 1. The molecule has 0 radical (unpaired) electrons. The number of aliphatic hydroxyl groups excluding tert-OH is 1. The maximum atomic E-state index is 11.0. The van der Waals surface area contributed by atoms with Crippen molar-refractivity contribution in [3.05, 3.63) is 87.9 Å². The number of methoxy groups -OCH3 is 1. The van der Waals surface area contributed by atoms with Crippen LogP contribution in [0.5, 0.6) is 11.5 Å². The van der Waals surface area contributed by atoms with Crippen molar-refractivity contribution in [3.63, 3.8) is 0 Å². The number of anilines is 1. The molecular weight excluding hydrogens is 519 g/mol. The van der Waals surface area contributed by atoms with Crippen LogP contribution in [-0.4, -0.2) is 55.9 Å². The van der Waals surface area contributed by atoms with Crippen molar-refractivity contribution in [2.45, 2.75) is 43.3 Å². The average molecular weight is 556 g/mol. The molecule has 1 saturated heterocycles. The van der Waals surface area contributed by atoms with Crippen LogP contribution in [0.15, 0.2) is 66.7 Å². The van der Waals surface area contributed by atoms with Crippen molar-refractivity contribution in [2.75, 3.05) is 45.2 Å². The first-order chi connectivity index (χ1) is 18.4. The highest BCUT2D eigenvalue weighted by molar-refractivity contribution is 6.42. The van der Waals surface area contributed by atoms with Gasteiger partial charge in [0.1, 0.15) is 17.1 Å². The lowest BCUT2D eigenvalue weighted by molar-refractivity contribution is -0.0611. The van der Waals surface area contributed by atoms with Gasteiger partial charge in [0.25, 0.3) is 0 Å². The first-order valence-electron chi connectivity index (χ1n) is 13.3. The molecule has 1 N–H and O–H groups in total. The van der Waals surface area contributed by atoms with Crippen molar-refractivity contribution in [2.24, 2.45) is 0 Å². The molecule has 5 nitrogen and oxygen atoms in total. The largest absolute Gasteiger partial charge is 0.497 e. The third-order valence-corrected chi connectivity index (χ3v) is 8.73. The fourth-order valence-electron chi connectivity index (χ4n) is 5.96. The highest BCUT2D eigenvalue weighted by Crippen LogP contribution is 2.44. The van der Waals surface area contributed by atoms with Crippen LogP contribution in [0.3, 0.4) is 0 Å². The van der Waals surface area contributed by atoms with Crippen molar-refractivity contribution in [3.8, 4) is 11.5 Å². The van der Waals surface area contributed by atoms with E-state index in [2.05, 4.69) is 47.2 Å². The molecule has 2 heterocycles. The van der Waals surface area contributed by atoms with E-state index in [4.69, 9.17) is 32.7 Å². The molecule has 7 heteroatoms. The minimum atomic E-state index is -0.558. The van der Waals surface area contributed by atoms with Crippen molar-refractivity contribution in [1.82, 2.24) is 4.90 Å². The molecule has 1 spiro atoms. The summed E-state index contributed by atoms with van der Waals surface area (Å²) in [5, 5.41) is 12.2. The Kier molecular flexibility index (Phi) is 8.39. The minimum absolute atomic E-state index is 0.277. The van der Waals surface area contributed by atoms with Gasteiger partial charge >= 0.3 is 0 Å². The summed E-state index contributed by atoms with van der Waals surface area (Å²) in [6.45, 7) is 3.63. The molecule has 1 fully saturated rings. The van der Waals surface area contributed by atoms with Gasteiger partial charge < -0.3 is 19.5 Å². The van der Waals surface area contributed by atoms with Crippen LogP contribution >= 0.6 is 23.2 Å². The number of fused-ring (bicyclic) bond motifs is 1. The number of halogens is 2. The zero-order chi connectivity index (χ0) is 26.7. The molecule has 3 atom stereocenters. The van der Waals surface area contributed by atoms with E-state index in [9.17, 15) is 5.11 Å². The van der Waals surface area contributed by atoms with Gasteiger partial charge in [-0.05, 0) is 80.4 Å². The number of ether oxygens (including phenoxy) is 2. The summed E-state index contributed by atoms with van der Waals surface area (Å²) in [6, 6.07) is 22.2. The summed E-state index contributed by atoms with van der Waals surface area (Å²) in [7, 11) is 3.78. The van der Waals surface area contributed by atoms with Gasteiger partial charge in [0.05, 0.1) is 23.3 Å². The first kappa shape index (κ1) is 27.1. The Balaban J connectivity index is 1.30. The fraction of sp³-hybridized carbons (Fsp3) is 0.419. The molecule has 38 heavy (non-hydrogen) atoms. The number of rotatable bonds is 8. The van der Waals surface area contributed by atoms with Crippen LogP contribution in [0.25, 0.3) is 0 Å². The molecule has 3 aromatic carbocycles. The molecule has 2 unspecified atom stereocenters. The normalized spacial score (nSPS) is 22.0. The maximum absolute atomic E-state index is 11.0. The fourth-order valence-corrected chi connectivity index (χ4v) is 6.27. The van der Waals surface area contributed by atoms with Gasteiger partial charge in [0, 0.05) is 43.7 Å². The highest BCUT2D eigenvalue weighted by atomic mass is 35.5. The number of para-hydroxylation sites is 1. The minimum Gasteiger partial charge on any atom is -0.497 e. The second-order valence-electron chi connectivity index (χ2n) is 10.7. The zero-order valence-electron chi connectivity index (χ0n) is 22.1. The number of likely N-dealkylation sites (tertiary alicyclic amines) is 1. The van der Waals surface area contributed by atoms with Gasteiger partial charge in [-0.15, -0.1) is 0 Å². The maximum Gasteiger partial charge on any atom is 0.126 e. The summed E-state index contributed by atoms with van der Waals surface area (Å²) in [5.41, 5.74) is 2.82. The first-order valence-corrected chi connectivity index (χ1v) is 14.1. The standard InChI is InChI=1S/C31H36Cl2N2O3/c1-34(24-7-4-3-5-8-24)20-23(22-9-11-27(32)28(33)17-22)13-16-35-15-6-14-31(21-35)19-29(36)26-18-25(37-2)10-12-30(26)38-31/h3-5,7-12,17-18,23,29,36H,6,13-16,19-21H2,1-2H3/t23-,29?,31?/m1/s1. The number of piperidine rings is 1. The Hall–Kier alpha value is -2.44. The monoisotopic (exact) mass is 554 g/mol. The second kappa shape index (κ2) is 11.7. The van der Waals surface area contributed by atoms with Crippen molar-refractivity contribution >= 4 is 28.9 Å². The topological polar surface area (TPSA) is 45.2 Å². The molecule has 2 aliphatic rings. The molecular formula is C31H36Cl2N2O3. The third-order valence-electron chi connectivity index (χ3n) is 7.99. The molecule has 0 aliphatic carbocycles. The lowest BCUT2D eigenvalue weighted by Crippen LogP contribution is -2.54. The smallest absolute Gasteiger partial charge is 0.126 e. The molecule has 0 amide bonds. The van der Waals surface area contributed by atoms with E-state index < -0.39 is 6.10 Å². The highest BCUT2D eigenvalue weighted by Gasteiger charge is 2.43. The molecule has 0 bridgehead atoms. The molecule has 2 aliphatic heterocycles. The molecule has 3 aromatic rings. The van der Waals surface area contributed by atoms with Crippen LogP contribution in [-0.2, 0) is 0 Å². The van der Waals surface area contributed by atoms with Crippen LogP contribution in [0.2, 0.25) is 10.0 Å². The number of hydrogen-bond acceptors (Lipinski definition) is 5. The van der Waals surface area contributed by atoms with Crippen LogP contribution in [0, 0.1) is 0 Å². The van der Waals surface area contributed by atoms with E-state index in [1.807, 2.05) is 36.4 Å². The quantitative estimate of drug-likeness (QED) is 0.326. The van der Waals surface area contributed by atoms with Gasteiger partial charge in [-0.2, -0.15) is 0 Å². The van der Waals surface area contributed by atoms with Gasteiger partial charge in [-0.3, -0.25) is 4.90 Å². The van der Waals surface area contributed by atoms with Crippen molar-refractivity contribution < 1.29 is 14.6 Å². The SMILES string of the molecule is COc1ccc2c(c1)C(O)CC1(CCCN(CC[C@H](CN(C)c3ccccc3)c3ccc(Cl)c(Cl)c3)C1)O2. The Bertz CT molecular complexity index is 1240. The van der Waals surface area contributed by atoms with E-state index in [0.717, 1.165) is 62.5 Å². The Morgan fingerprint density at radius 1 is 1.11 bits per heavy atom. The van der Waals surface area contributed by atoms with Gasteiger partial charge in [-0.25, -0.2) is 0 Å². The van der Waals surface area contributed by atoms with Crippen LogP contribution in [0.4, 0.5) is 5.69 Å². The van der Waals surface area contributed by atoms with Gasteiger partial charge in [-0.1, -0.05) is 47.5 Å². The predicted molar refractivity (Wildman–Crippen MR) is 155 cm³/mol. The lowest BCUT2D eigenvalue weighted by atomic mass is 9.82. The van der Waals surface area contributed by atoms with Gasteiger partial charge in [0.2, 0.25) is 0 Å². The van der Waals surface area contributed by atoms with E-state index >= 15 is 0 Å². The third kappa shape index (κ3) is 6.07. The van der Waals surface area contributed by atoms with Crippen molar-refractivity contribution in [1.29, 1.82) is 0 Å². The predicted octanol–water partition coefficient (Wildman–Crippen LogP) is 6.96. The summed E-state index contributed by atoms with van der Waals surface area (Å²) in [4.78, 5) is 4.80. The average Bonchev–Trinajstić information content (AvgIpc) is 2.93. The van der Waals surface area contributed by atoms with E-state index in [-0.39, 0.29) is 11.5 Å². The molecule has 202 valence electrons. The zero-order valence-corrected chi connectivity index (χ0v) is 23.6.